The van der Waals surface area contributed by atoms with Crippen LogP contribution in [-0.4, -0.2) is 20.2 Å². The molecule has 1 atom stereocenters. The number of benzene rings is 1. The van der Waals surface area contributed by atoms with Crippen LogP contribution in [0.4, 0.5) is 0 Å². The van der Waals surface area contributed by atoms with E-state index in [1.165, 1.54) is 0 Å². The zero-order valence-electron chi connectivity index (χ0n) is 10.3. The second-order valence-corrected chi connectivity index (χ2v) is 6.41. The molecule has 1 aromatic rings. The van der Waals surface area contributed by atoms with Crippen molar-refractivity contribution in [3.8, 4) is 0 Å². The van der Waals surface area contributed by atoms with E-state index in [4.69, 9.17) is 0 Å². The van der Waals surface area contributed by atoms with Gasteiger partial charge in [-0.2, -0.15) is 0 Å². The van der Waals surface area contributed by atoms with Crippen LogP contribution in [0.5, 0.6) is 0 Å². The third kappa shape index (κ3) is 2.97. The molecule has 0 amide bonds. The van der Waals surface area contributed by atoms with E-state index in [0.717, 1.165) is 18.4 Å². The molecule has 4 nitrogen and oxygen atoms in total. The molecule has 0 bridgehead atoms. The quantitative estimate of drug-likeness (QED) is 0.908. The summed E-state index contributed by atoms with van der Waals surface area (Å²) in [7, 11) is -3.58. The van der Waals surface area contributed by atoms with Crippen LogP contribution in [0, 0.1) is 6.92 Å². The zero-order valence-corrected chi connectivity index (χ0v) is 11.2. The molecular weight excluding hydrogens is 250 g/mol. The highest BCUT2D eigenvalue weighted by Gasteiger charge is 2.27. The average molecular weight is 267 g/mol. The summed E-state index contributed by atoms with van der Waals surface area (Å²) in [5.41, 5.74) is 1.00. The van der Waals surface area contributed by atoms with Gasteiger partial charge in [0.2, 0.25) is 10.0 Å². The van der Waals surface area contributed by atoms with E-state index >= 15 is 0 Å². The van der Waals surface area contributed by atoms with Crippen molar-refractivity contribution in [2.75, 3.05) is 0 Å². The van der Waals surface area contributed by atoms with Gasteiger partial charge in [0.1, 0.15) is 0 Å². The van der Waals surface area contributed by atoms with Crippen molar-refractivity contribution in [2.45, 2.75) is 43.5 Å². The molecule has 1 N–H and O–H groups in total. The van der Waals surface area contributed by atoms with Crippen LogP contribution in [0.25, 0.3) is 0 Å². The summed E-state index contributed by atoms with van der Waals surface area (Å²) in [5, 5.41) is 0. The van der Waals surface area contributed by atoms with Crippen molar-refractivity contribution in [3.05, 3.63) is 29.8 Å². The van der Waals surface area contributed by atoms with E-state index in [9.17, 15) is 13.2 Å². The molecule has 2 rings (SSSR count). The molecule has 1 aliphatic carbocycles. The van der Waals surface area contributed by atoms with Gasteiger partial charge >= 0.3 is 0 Å². The van der Waals surface area contributed by atoms with E-state index < -0.39 is 16.1 Å². The highest BCUT2D eigenvalue weighted by Crippen LogP contribution is 2.17. The van der Waals surface area contributed by atoms with Gasteiger partial charge in [-0.3, -0.25) is 4.79 Å². The maximum atomic E-state index is 12.1. The molecule has 0 saturated heterocycles. The van der Waals surface area contributed by atoms with Crippen molar-refractivity contribution >= 4 is 15.8 Å². The van der Waals surface area contributed by atoms with Crippen molar-refractivity contribution in [2.24, 2.45) is 0 Å². The lowest BCUT2D eigenvalue weighted by Gasteiger charge is -2.21. The minimum absolute atomic E-state index is 0.00284. The molecule has 98 valence electrons. The van der Waals surface area contributed by atoms with Crippen LogP contribution in [0.3, 0.4) is 0 Å². The number of hydrogen-bond acceptors (Lipinski definition) is 3. The minimum atomic E-state index is -3.58. The first kappa shape index (κ1) is 13.2. The van der Waals surface area contributed by atoms with Crippen LogP contribution in [-0.2, 0) is 14.8 Å². The number of carbonyl (C=O) groups is 1. The number of rotatable bonds is 3. The first-order chi connectivity index (χ1) is 8.49. The van der Waals surface area contributed by atoms with Crippen LogP contribution >= 0.6 is 0 Å². The smallest absolute Gasteiger partial charge is 0.241 e. The number of nitrogens with one attached hydrogen (secondary N) is 1. The zero-order chi connectivity index (χ0) is 13.2. The number of Topliss-reactive ketones (excluding diaryl/α,β-unsaturated/α-hetero) is 1. The van der Waals surface area contributed by atoms with E-state index in [-0.39, 0.29) is 10.7 Å². The van der Waals surface area contributed by atoms with Crippen LogP contribution in [0.2, 0.25) is 0 Å². The number of carbonyl (C=O) groups excluding carboxylic acids is 1. The molecule has 1 saturated carbocycles. The van der Waals surface area contributed by atoms with Crippen molar-refractivity contribution in [1.82, 2.24) is 4.72 Å². The highest BCUT2D eigenvalue weighted by atomic mass is 32.2. The molecule has 0 aliphatic heterocycles. The Morgan fingerprint density at radius 1 is 1.17 bits per heavy atom. The summed E-state index contributed by atoms with van der Waals surface area (Å²) >= 11 is 0. The Hall–Kier alpha value is -1.20. The van der Waals surface area contributed by atoms with Gasteiger partial charge in [-0.25, -0.2) is 13.1 Å². The second-order valence-electron chi connectivity index (χ2n) is 4.70. The Morgan fingerprint density at radius 3 is 2.44 bits per heavy atom. The molecule has 0 heterocycles. The van der Waals surface area contributed by atoms with Crippen LogP contribution < -0.4 is 4.72 Å². The highest BCUT2D eigenvalue weighted by molar-refractivity contribution is 7.89. The molecule has 0 spiro atoms. The Labute approximate surface area is 107 Å². The fraction of sp³-hybridized carbons (Fsp3) is 0.462. The fourth-order valence-electron chi connectivity index (χ4n) is 2.08. The summed E-state index contributed by atoms with van der Waals surface area (Å²) in [6, 6.07) is 6.06. The number of hydrogen-bond donors (Lipinski definition) is 1. The molecular formula is C13H17NO3S. The van der Waals surface area contributed by atoms with Gasteiger partial charge in [-0.05, 0) is 31.9 Å². The van der Waals surface area contributed by atoms with Gasteiger partial charge in [0.25, 0.3) is 0 Å². The van der Waals surface area contributed by atoms with E-state index in [0.29, 0.717) is 12.8 Å². The number of sulfonamides is 1. The monoisotopic (exact) mass is 267 g/mol. The fourth-order valence-corrected chi connectivity index (χ4v) is 3.33. The summed E-state index contributed by atoms with van der Waals surface area (Å²) in [5.74, 6) is -0.00284. The summed E-state index contributed by atoms with van der Waals surface area (Å²) in [4.78, 5) is 11.8. The third-order valence-electron chi connectivity index (χ3n) is 3.18. The Balaban J connectivity index is 2.16. The third-order valence-corrected chi connectivity index (χ3v) is 4.67. The Kier molecular flexibility index (Phi) is 3.82. The summed E-state index contributed by atoms with van der Waals surface area (Å²) in [6.07, 6.45) is 2.83. The SMILES string of the molecule is Cc1ccc(S(=O)(=O)N[C@@H]2CCCCC2=O)cc1. The van der Waals surface area contributed by atoms with Crippen molar-refractivity contribution < 1.29 is 13.2 Å². The maximum Gasteiger partial charge on any atom is 0.241 e. The Bertz CT molecular complexity index is 534. The maximum absolute atomic E-state index is 12.1. The van der Waals surface area contributed by atoms with E-state index in [1.807, 2.05) is 6.92 Å². The standard InChI is InChI=1S/C13H17NO3S/c1-10-6-8-11(9-7-10)18(16,17)14-12-4-2-3-5-13(12)15/h6-9,12,14H,2-5H2,1H3/t12-/m1/s1. The molecule has 5 heteroatoms. The number of aryl methyl sites for hydroxylation is 1. The van der Waals surface area contributed by atoms with Crippen molar-refractivity contribution in [1.29, 1.82) is 0 Å². The van der Waals surface area contributed by atoms with Gasteiger partial charge in [-0.15, -0.1) is 0 Å². The molecule has 0 unspecified atom stereocenters. The molecule has 0 aromatic heterocycles. The van der Waals surface area contributed by atoms with Gasteiger partial charge in [0.05, 0.1) is 10.9 Å². The predicted molar refractivity (Wildman–Crippen MR) is 68.8 cm³/mol. The summed E-state index contributed by atoms with van der Waals surface area (Å²) in [6.45, 7) is 1.90. The molecule has 0 radical (unpaired) electrons. The van der Waals surface area contributed by atoms with Gasteiger partial charge in [-0.1, -0.05) is 24.1 Å². The lowest BCUT2D eigenvalue weighted by atomic mass is 9.95. The lowest BCUT2D eigenvalue weighted by molar-refractivity contribution is -0.122. The van der Waals surface area contributed by atoms with Crippen molar-refractivity contribution in [3.63, 3.8) is 0 Å². The van der Waals surface area contributed by atoms with Crippen LogP contribution in [0.15, 0.2) is 29.2 Å². The predicted octanol–water partition coefficient (Wildman–Crippen LogP) is 1.79. The van der Waals surface area contributed by atoms with Crippen LogP contribution in [0.1, 0.15) is 31.2 Å². The molecule has 18 heavy (non-hydrogen) atoms. The van der Waals surface area contributed by atoms with Gasteiger partial charge < -0.3 is 0 Å². The molecule has 1 fully saturated rings. The average Bonchev–Trinajstić information content (AvgIpc) is 2.32. The minimum Gasteiger partial charge on any atom is -0.298 e. The molecule has 1 aromatic carbocycles. The van der Waals surface area contributed by atoms with E-state index in [2.05, 4.69) is 4.72 Å². The number of ketones is 1. The lowest BCUT2D eigenvalue weighted by Crippen LogP contribution is -2.42. The van der Waals surface area contributed by atoms with Gasteiger partial charge in [0.15, 0.2) is 5.78 Å². The largest absolute Gasteiger partial charge is 0.298 e. The first-order valence-electron chi connectivity index (χ1n) is 6.11. The topological polar surface area (TPSA) is 63.2 Å². The Morgan fingerprint density at radius 2 is 1.83 bits per heavy atom. The normalized spacial score (nSPS) is 20.9. The van der Waals surface area contributed by atoms with E-state index in [1.54, 1.807) is 24.3 Å². The first-order valence-corrected chi connectivity index (χ1v) is 7.59. The molecule has 1 aliphatic rings. The summed E-state index contributed by atoms with van der Waals surface area (Å²) < 4.78 is 26.7. The second kappa shape index (κ2) is 5.20. The van der Waals surface area contributed by atoms with Gasteiger partial charge in [0, 0.05) is 6.42 Å².